The maximum Gasteiger partial charge on any atom is 0.0366 e. The van der Waals surface area contributed by atoms with E-state index in [1.54, 1.807) is 0 Å². The van der Waals surface area contributed by atoms with E-state index in [9.17, 15) is 0 Å². The second-order valence-corrected chi connectivity index (χ2v) is 6.47. The van der Waals surface area contributed by atoms with E-state index in [1.165, 1.54) is 50.0 Å². The van der Waals surface area contributed by atoms with Crippen LogP contribution in [-0.2, 0) is 0 Å². The van der Waals surface area contributed by atoms with Crippen LogP contribution < -0.4 is 10.2 Å². The minimum absolute atomic E-state index is 0.625. The zero-order valence-corrected chi connectivity index (χ0v) is 12.2. The molecule has 1 saturated heterocycles. The summed E-state index contributed by atoms with van der Waals surface area (Å²) < 4.78 is 0. The summed E-state index contributed by atoms with van der Waals surface area (Å²) in [6.45, 7) is 6.90. The first-order valence-corrected chi connectivity index (χ1v) is 7.83. The summed E-state index contributed by atoms with van der Waals surface area (Å²) in [5.41, 5.74) is 2.83. The Morgan fingerprint density at radius 3 is 2.42 bits per heavy atom. The fourth-order valence-electron chi connectivity index (χ4n) is 3.00. The number of hydrogen-bond donors (Lipinski definition) is 1. The van der Waals surface area contributed by atoms with Crippen molar-refractivity contribution in [2.45, 2.75) is 57.5 Å². The molecule has 0 amide bonds. The van der Waals surface area contributed by atoms with Gasteiger partial charge in [0.25, 0.3) is 0 Å². The molecule has 1 aliphatic carbocycles. The number of nitrogens with zero attached hydrogens (tertiary/aromatic N) is 1. The highest BCUT2D eigenvalue weighted by Gasteiger charge is 2.27. The van der Waals surface area contributed by atoms with E-state index in [0.29, 0.717) is 12.0 Å². The lowest BCUT2D eigenvalue weighted by Gasteiger charge is -2.35. The summed E-state index contributed by atoms with van der Waals surface area (Å²) in [4.78, 5) is 2.55. The van der Waals surface area contributed by atoms with Gasteiger partial charge in [-0.25, -0.2) is 0 Å². The lowest BCUT2D eigenvalue weighted by Crippen LogP contribution is -2.46. The van der Waals surface area contributed by atoms with Gasteiger partial charge < -0.3 is 10.2 Å². The van der Waals surface area contributed by atoms with Gasteiger partial charge >= 0.3 is 0 Å². The number of benzene rings is 1. The molecule has 2 fully saturated rings. The van der Waals surface area contributed by atoms with Crippen LogP contribution in [0.4, 0.5) is 5.69 Å². The zero-order chi connectivity index (χ0) is 13.2. The molecular formula is C17H26N2. The van der Waals surface area contributed by atoms with Gasteiger partial charge in [-0.15, -0.1) is 0 Å². The standard InChI is InChI=1S/C17H26N2/c1-13(2)14-5-9-17(10-6-14)19-11-3-4-16(12-19)18-15-7-8-15/h5-6,9-10,13,15-16,18H,3-4,7-8,11-12H2,1-2H3. The molecule has 1 heterocycles. The molecule has 104 valence electrons. The van der Waals surface area contributed by atoms with Crippen molar-refractivity contribution < 1.29 is 0 Å². The van der Waals surface area contributed by atoms with Crippen LogP contribution in [-0.4, -0.2) is 25.2 Å². The molecule has 1 unspecified atom stereocenters. The van der Waals surface area contributed by atoms with Gasteiger partial charge in [0.1, 0.15) is 0 Å². The summed E-state index contributed by atoms with van der Waals surface area (Å²) in [5.74, 6) is 0.625. The largest absolute Gasteiger partial charge is 0.370 e. The molecule has 2 heteroatoms. The number of nitrogens with one attached hydrogen (secondary N) is 1. The quantitative estimate of drug-likeness (QED) is 0.889. The first kappa shape index (κ1) is 13.0. The second-order valence-electron chi connectivity index (χ2n) is 6.47. The first-order chi connectivity index (χ1) is 9.22. The Hall–Kier alpha value is -1.02. The highest BCUT2D eigenvalue weighted by molar-refractivity contribution is 5.48. The van der Waals surface area contributed by atoms with Crippen LogP contribution in [0.2, 0.25) is 0 Å². The van der Waals surface area contributed by atoms with E-state index in [0.717, 1.165) is 6.04 Å². The smallest absolute Gasteiger partial charge is 0.0366 e. The lowest BCUT2D eigenvalue weighted by atomic mass is 10.0. The predicted octanol–water partition coefficient (Wildman–Crippen LogP) is 3.53. The Morgan fingerprint density at radius 1 is 1.05 bits per heavy atom. The number of rotatable bonds is 4. The topological polar surface area (TPSA) is 15.3 Å². The number of hydrogen-bond acceptors (Lipinski definition) is 2. The fourth-order valence-corrected chi connectivity index (χ4v) is 3.00. The van der Waals surface area contributed by atoms with Crippen molar-refractivity contribution in [3.05, 3.63) is 29.8 Å². The summed E-state index contributed by atoms with van der Waals surface area (Å²) >= 11 is 0. The predicted molar refractivity (Wildman–Crippen MR) is 81.9 cm³/mol. The van der Waals surface area contributed by atoms with Gasteiger partial charge in [0.05, 0.1) is 0 Å². The van der Waals surface area contributed by atoms with Crippen LogP contribution >= 0.6 is 0 Å². The minimum atomic E-state index is 0.625. The molecule has 1 aliphatic heterocycles. The third kappa shape index (κ3) is 3.30. The molecule has 0 radical (unpaired) electrons. The van der Waals surface area contributed by atoms with Gasteiger partial charge in [0.15, 0.2) is 0 Å². The molecule has 1 atom stereocenters. The van der Waals surface area contributed by atoms with Gasteiger partial charge in [-0.2, -0.15) is 0 Å². The van der Waals surface area contributed by atoms with Crippen molar-refractivity contribution in [2.24, 2.45) is 0 Å². The number of piperidine rings is 1. The molecule has 1 saturated carbocycles. The molecule has 0 spiro atoms. The Balaban J connectivity index is 1.63. The highest BCUT2D eigenvalue weighted by atomic mass is 15.2. The molecule has 0 aromatic heterocycles. The molecule has 2 aliphatic rings. The van der Waals surface area contributed by atoms with Gasteiger partial charge in [-0.3, -0.25) is 0 Å². The van der Waals surface area contributed by atoms with Crippen molar-refractivity contribution in [1.29, 1.82) is 0 Å². The van der Waals surface area contributed by atoms with E-state index >= 15 is 0 Å². The maximum atomic E-state index is 3.78. The molecule has 1 aromatic carbocycles. The van der Waals surface area contributed by atoms with Gasteiger partial charge in [-0.1, -0.05) is 26.0 Å². The van der Waals surface area contributed by atoms with Crippen LogP contribution in [0.25, 0.3) is 0 Å². The molecule has 1 N–H and O–H groups in total. The SMILES string of the molecule is CC(C)c1ccc(N2CCCC(NC3CC3)C2)cc1. The Morgan fingerprint density at radius 2 is 1.79 bits per heavy atom. The Bertz CT molecular complexity index is 406. The van der Waals surface area contributed by atoms with Crippen molar-refractivity contribution in [3.8, 4) is 0 Å². The van der Waals surface area contributed by atoms with Gasteiger partial charge in [-0.05, 0) is 49.3 Å². The molecule has 19 heavy (non-hydrogen) atoms. The third-order valence-electron chi connectivity index (χ3n) is 4.40. The van der Waals surface area contributed by atoms with Crippen LogP contribution in [0.5, 0.6) is 0 Å². The van der Waals surface area contributed by atoms with E-state index in [1.807, 2.05) is 0 Å². The van der Waals surface area contributed by atoms with E-state index in [4.69, 9.17) is 0 Å². The maximum absolute atomic E-state index is 3.78. The van der Waals surface area contributed by atoms with E-state index < -0.39 is 0 Å². The second kappa shape index (κ2) is 5.54. The monoisotopic (exact) mass is 258 g/mol. The van der Waals surface area contributed by atoms with Crippen LogP contribution in [0.3, 0.4) is 0 Å². The number of anilines is 1. The third-order valence-corrected chi connectivity index (χ3v) is 4.40. The van der Waals surface area contributed by atoms with Crippen LogP contribution in [0.1, 0.15) is 51.0 Å². The lowest BCUT2D eigenvalue weighted by molar-refractivity contribution is 0.420. The molecular weight excluding hydrogens is 232 g/mol. The first-order valence-electron chi connectivity index (χ1n) is 7.83. The summed E-state index contributed by atoms with van der Waals surface area (Å²) in [6.07, 6.45) is 5.44. The molecule has 0 bridgehead atoms. The van der Waals surface area contributed by atoms with Crippen molar-refractivity contribution in [3.63, 3.8) is 0 Å². The van der Waals surface area contributed by atoms with Crippen LogP contribution in [0.15, 0.2) is 24.3 Å². The van der Waals surface area contributed by atoms with Crippen molar-refractivity contribution >= 4 is 5.69 Å². The normalized spacial score (nSPS) is 23.9. The van der Waals surface area contributed by atoms with Crippen molar-refractivity contribution in [2.75, 3.05) is 18.0 Å². The summed E-state index contributed by atoms with van der Waals surface area (Å²) in [5, 5.41) is 3.78. The Labute approximate surface area is 117 Å². The summed E-state index contributed by atoms with van der Waals surface area (Å²) in [6, 6.07) is 10.7. The van der Waals surface area contributed by atoms with E-state index in [-0.39, 0.29) is 0 Å². The average Bonchev–Trinajstić information content (AvgIpc) is 3.23. The highest BCUT2D eigenvalue weighted by Crippen LogP contribution is 2.25. The molecule has 3 rings (SSSR count). The summed E-state index contributed by atoms with van der Waals surface area (Å²) in [7, 11) is 0. The van der Waals surface area contributed by atoms with Gasteiger partial charge in [0, 0.05) is 30.9 Å². The fraction of sp³-hybridized carbons (Fsp3) is 0.647. The zero-order valence-electron chi connectivity index (χ0n) is 12.2. The average molecular weight is 258 g/mol. The van der Waals surface area contributed by atoms with Crippen LogP contribution in [0, 0.1) is 0 Å². The van der Waals surface area contributed by atoms with E-state index in [2.05, 4.69) is 48.3 Å². The Kier molecular flexibility index (Phi) is 3.79. The minimum Gasteiger partial charge on any atom is -0.370 e. The molecule has 2 nitrogen and oxygen atoms in total. The van der Waals surface area contributed by atoms with Gasteiger partial charge in [0.2, 0.25) is 0 Å². The molecule has 1 aromatic rings. The van der Waals surface area contributed by atoms with Crippen molar-refractivity contribution in [1.82, 2.24) is 5.32 Å².